The number of likely N-dealkylation sites (tertiary alicyclic amines) is 1. The summed E-state index contributed by atoms with van der Waals surface area (Å²) in [5.74, 6) is -0.173. The molecule has 4 fully saturated rings. The van der Waals surface area contributed by atoms with Gasteiger partial charge in [-0.1, -0.05) is 24.8 Å². The average Bonchev–Trinajstić information content (AvgIpc) is 3.53. The molecule has 9 nitrogen and oxygen atoms in total. The van der Waals surface area contributed by atoms with Gasteiger partial charge in [0.05, 0.1) is 24.9 Å². The van der Waals surface area contributed by atoms with Crippen molar-refractivity contribution < 1.29 is 18.7 Å². The molecule has 5 aliphatic rings. The maximum atomic E-state index is 16.1. The third-order valence-electron chi connectivity index (χ3n) is 9.86. The smallest absolute Gasteiger partial charge is 0.246 e. The van der Waals surface area contributed by atoms with E-state index in [-0.39, 0.29) is 29.8 Å². The summed E-state index contributed by atoms with van der Waals surface area (Å²) in [5.41, 5.74) is 0.629. The SMILES string of the molecule is C=CC(=O)N1CCN(C2NC(OCC3CCCN3C)NC3C(=O)[C@@]4(CCC32)Sc2ccccc2C4F)CC1CNC. The summed E-state index contributed by atoms with van der Waals surface area (Å²) >= 11 is 1.41. The number of alkyl halides is 1. The van der Waals surface area contributed by atoms with E-state index in [4.69, 9.17) is 4.74 Å². The van der Waals surface area contributed by atoms with Crippen molar-refractivity contribution in [1.29, 1.82) is 0 Å². The molecule has 3 N–H and O–H groups in total. The molecule has 7 unspecified atom stereocenters. The molecule has 1 saturated carbocycles. The Kier molecular flexibility index (Phi) is 8.57. The second-order valence-electron chi connectivity index (χ2n) is 12.1. The Hall–Kier alpha value is -1.86. The highest BCUT2D eigenvalue weighted by molar-refractivity contribution is 8.01. The molecule has 1 aliphatic carbocycles. The first-order chi connectivity index (χ1) is 19.9. The maximum Gasteiger partial charge on any atom is 0.246 e. The van der Waals surface area contributed by atoms with Crippen LogP contribution in [0.4, 0.5) is 4.39 Å². The van der Waals surface area contributed by atoms with Crippen molar-refractivity contribution in [1.82, 2.24) is 30.7 Å². The number of fused-ring (bicyclic) bond motifs is 2. The molecule has 1 aromatic rings. The van der Waals surface area contributed by atoms with Gasteiger partial charge in [0.15, 0.2) is 12.1 Å². The molecule has 4 heterocycles. The van der Waals surface area contributed by atoms with Gasteiger partial charge in [-0.15, -0.1) is 11.8 Å². The lowest BCUT2D eigenvalue weighted by atomic mass is 9.71. The highest BCUT2D eigenvalue weighted by atomic mass is 32.2. The highest BCUT2D eigenvalue weighted by Gasteiger charge is 2.61. The van der Waals surface area contributed by atoms with Gasteiger partial charge in [-0.3, -0.25) is 25.1 Å². The number of ether oxygens (including phenoxy) is 1. The summed E-state index contributed by atoms with van der Waals surface area (Å²) in [6.45, 7) is 7.87. The van der Waals surface area contributed by atoms with Gasteiger partial charge < -0.3 is 19.9 Å². The minimum absolute atomic E-state index is 0.0263. The first-order valence-corrected chi connectivity index (χ1v) is 15.8. The lowest BCUT2D eigenvalue weighted by Crippen LogP contribution is -2.75. The molecule has 8 atom stereocenters. The predicted octanol–water partition coefficient (Wildman–Crippen LogP) is 1.72. The predicted molar refractivity (Wildman–Crippen MR) is 157 cm³/mol. The summed E-state index contributed by atoms with van der Waals surface area (Å²) in [6, 6.07) is 7.28. The van der Waals surface area contributed by atoms with Crippen LogP contribution in [0.3, 0.4) is 0 Å². The number of amides is 1. The number of carbonyl (C=O) groups is 2. The number of Topliss-reactive ketones (excluding diaryl/α,β-unsaturated/α-hetero) is 1. The van der Waals surface area contributed by atoms with Gasteiger partial charge in [-0.05, 0) is 58.5 Å². The summed E-state index contributed by atoms with van der Waals surface area (Å²) in [6.07, 6.45) is 2.82. The van der Waals surface area contributed by atoms with Crippen LogP contribution in [-0.4, -0.2) is 115 Å². The number of benzene rings is 1. The number of hydrogen-bond acceptors (Lipinski definition) is 9. The number of carbonyl (C=O) groups excluding carboxylic acids is 2. The lowest BCUT2D eigenvalue weighted by Gasteiger charge is -2.54. The third-order valence-corrected chi connectivity index (χ3v) is 11.4. The van der Waals surface area contributed by atoms with Crippen molar-refractivity contribution in [2.45, 2.75) is 72.1 Å². The molecule has 1 aromatic carbocycles. The first-order valence-electron chi connectivity index (χ1n) is 15.0. The molecular weight excluding hydrogens is 543 g/mol. The van der Waals surface area contributed by atoms with E-state index in [1.165, 1.54) is 17.8 Å². The Morgan fingerprint density at radius 2 is 2.07 bits per heavy atom. The molecular formula is C30H43FN6O3S. The second kappa shape index (κ2) is 12.0. The van der Waals surface area contributed by atoms with E-state index < -0.39 is 23.3 Å². The van der Waals surface area contributed by atoms with Crippen molar-refractivity contribution >= 4 is 23.5 Å². The Morgan fingerprint density at radius 3 is 2.80 bits per heavy atom. The van der Waals surface area contributed by atoms with Crippen molar-refractivity contribution in [2.75, 3.05) is 53.4 Å². The number of nitrogens with one attached hydrogen (secondary N) is 3. The molecule has 0 aromatic heterocycles. The van der Waals surface area contributed by atoms with Gasteiger partial charge in [-0.25, -0.2) is 4.39 Å². The molecule has 41 heavy (non-hydrogen) atoms. The summed E-state index contributed by atoms with van der Waals surface area (Å²) in [4.78, 5) is 34.4. The van der Waals surface area contributed by atoms with Gasteiger partial charge in [0.25, 0.3) is 0 Å². The zero-order valence-corrected chi connectivity index (χ0v) is 24.9. The number of piperazine rings is 1. The summed E-state index contributed by atoms with van der Waals surface area (Å²) in [5, 5.41) is 10.4. The number of hydrogen-bond donors (Lipinski definition) is 3. The standard InChI is InChI=1S/C30H43FN6O3S/c1-4-24(38)37-15-14-36(17-20(37)16-32-2)28-22-11-12-30(26(31)21-9-5-6-10-23(21)41-30)27(39)25(22)33-29(34-28)40-18-19-8-7-13-35(19)3/h4-6,9-10,19-20,22,25-26,28-29,32-34H,1,7-8,11-18H2,2-3H3/t19?,20?,22?,25?,26?,28?,29?,30-/m0/s1. The van der Waals surface area contributed by atoms with E-state index in [9.17, 15) is 9.59 Å². The number of rotatable bonds is 7. The van der Waals surface area contributed by atoms with Crippen LogP contribution in [0.5, 0.6) is 0 Å². The Morgan fingerprint density at radius 1 is 1.24 bits per heavy atom. The van der Waals surface area contributed by atoms with E-state index in [0.29, 0.717) is 57.2 Å². The zero-order valence-electron chi connectivity index (χ0n) is 24.1. The molecule has 3 saturated heterocycles. The summed E-state index contributed by atoms with van der Waals surface area (Å²) < 4.78 is 21.4. The fourth-order valence-electron chi connectivity index (χ4n) is 7.61. The average molecular weight is 587 g/mol. The van der Waals surface area contributed by atoms with Crippen LogP contribution >= 0.6 is 11.8 Å². The molecule has 1 amide bonds. The minimum atomic E-state index is -1.33. The van der Waals surface area contributed by atoms with E-state index in [1.54, 1.807) is 0 Å². The molecule has 0 bridgehead atoms. The van der Waals surface area contributed by atoms with Crippen LogP contribution in [0.25, 0.3) is 0 Å². The van der Waals surface area contributed by atoms with E-state index in [2.05, 4.69) is 39.4 Å². The molecule has 224 valence electrons. The number of likely N-dealkylation sites (N-methyl/N-ethyl adjacent to an activating group) is 2. The van der Waals surface area contributed by atoms with Gasteiger partial charge in [-0.2, -0.15) is 0 Å². The fourth-order valence-corrected chi connectivity index (χ4v) is 9.12. The molecule has 11 heteroatoms. The van der Waals surface area contributed by atoms with Crippen molar-refractivity contribution in [3.8, 4) is 0 Å². The monoisotopic (exact) mass is 586 g/mol. The van der Waals surface area contributed by atoms with Gasteiger partial charge in [0.2, 0.25) is 5.91 Å². The Balaban J connectivity index is 1.25. The number of ketones is 1. The maximum absolute atomic E-state index is 16.1. The molecule has 6 rings (SSSR count). The van der Waals surface area contributed by atoms with Crippen LogP contribution in [0.1, 0.15) is 37.4 Å². The highest BCUT2D eigenvalue weighted by Crippen LogP contribution is 2.59. The summed E-state index contributed by atoms with van der Waals surface area (Å²) in [7, 11) is 4.01. The van der Waals surface area contributed by atoms with Crippen molar-refractivity contribution in [2.24, 2.45) is 5.92 Å². The Bertz CT molecular complexity index is 1160. The van der Waals surface area contributed by atoms with Crippen LogP contribution in [0.2, 0.25) is 0 Å². The minimum Gasteiger partial charge on any atom is -0.348 e. The largest absolute Gasteiger partial charge is 0.348 e. The zero-order chi connectivity index (χ0) is 28.7. The number of nitrogens with zero attached hydrogens (tertiary/aromatic N) is 3. The van der Waals surface area contributed by atoms with Gasteiger partial charge in [0.1, 0.15) is 10.9 Å². The van der Waals surface area contributed by atoms with Gasteiger partial charge in [0, 0.05) is 48.6 Å². The molecule has 0 radical (unpaired) electrons. The van der Waals surface area contributed by atoms with Crippen LogP contribution in [0.15, 0.2) is 41.8 Å². The van der Waals surface area contributed by atoms with E-state index >= 15 is 4.39 Å². The Labute approximate surface area is 246 Å². The third kappa shape index (κ3) is 5.28. The molecule has 4 aliphatic heterocycles. The van der Waals surface area contributed by atoms with Crippen LogP contribution in [-0.2, 0) is 14.3 Å². The quantitative estimate of drug-likeness (QED) is 0.414. The van der Waals surface area contributed by atoms with Crippen molar-refractivity contribution in [3.05, 3.63) is 42.5 Å². The fraction of sp³-hybridized carbons (Fsp3) is 0.667. The topological polar surface area (TPSA) is 89.2 Å². The molecule has 1 spiro atoms. The van der Waals surface area contributed by atoms with Crippen LogP contribution < -0.4 is 16.0 Å². The van der Waals surface area contributed by atoms with Crippen LogP contribution in [0, 0.1) is 5.92 Å². The number of halogens is 1. The number of thioether (sulfide) groups is 1. The van der Waals surface area contributed by atoms with Gasteiger partial charge >= 0.3 is 0 Å². The van der Waals surface area contributed by atoms with E-state index in [1.807, 2.05) is 36.2 Å². The second-order valence-corrected chi connectivity index (χ2v) is 13.5. The van der Waals surface area contributed by atoms with E-state index in [0.717, 1.165) is 24.3 Å². The lowest BCUT2D eigenvalue weighted by molar-refractivity contribution is -0.146. The van der Waals surface area contributed by atoms with Crippen molar-refractivity contribution in [3.63, 3.8) is 0 Å². The first kappa shape index (κ1) is 29.2. The normalized spacial score (nSPS) is 37.8.